The number of fused-ring (bicyclic) bond motifs is 1. The van der Waals surface area contributed by atoms with Gasteiger partial charge in [0, 0.05) is 11.8 Å². The fraction of sp³-hybridized carbons (Fsp3) is 0.826. The normalized spacial score (nSPS) is 32.4. The molecule has 3 saturated carbocycles. The van der Waals surface area contributed by atoms with Crippen LogP contribution in [0.15, 0.2) is 0 Å². The van der Waals surface area contributed by atoms with Gasteiger partial charge >= 0.3 is 39.2 Å². The third-order valence-electron chi connectivity index (χ3n) is 7.91. The molecule has 0 radical (unpaired) electrons. The van der Waals surface area contributed by atoms with E-state index in [0.717, 1.165) is 32.1 Å². The molecule has 1 N–H and O–H groups in total. The van der Waals surface area contributed by atoms with Gasteiger partial charge in [-0.25, -0.2) is 9.59 Å². The number of carbonyl (C=O) groups excluding carboxylic acids is 4. The zero-order chi connectivity index (χ0) is 28.0. The van der Waals surface area contributed by atoms with Gasteiger partial charge in [0.25, 0.3) is 0 Å². The van der Waals surface area contributed by atoms with Crippen LogP contribution in [-0.2, 0) is 53.0 Å². The fourth-order valence-corrected chi connectivity index (χ4v) is 6.56. The maximum absolute atomic E-state index is 13.5. The molecule has 0 aromatic rings. The average Bonchev–Trinajstić information content (AvgIpc) is 3.42. The number of halogens is 2. The van der Waals surface area contributed by atoms with E-state index in [0.29, 0.717) is 13.3 Å². The predicted molar refractivity (Wildman–Crippen MR) is 119 cm³/mol. The first-order chi connectivity index (χ1) is 17.6. The summed E-state index contributed by atoms with van der Waals surface area (Å²) in [4.78, 5) is 49.8. The van der Waals surface area contributed by atoms with Gasteiger partial charge in [0.15, 0.2) is 6.10 Å². The van der Waals surface area contributed by atoms with Gasteiger partial charge < -0.3 is 23.7 Å². The Hall–Kier alpha value is -2.39. The Bertz CT molecular complexity index is 1090. The first kappa shape index (κ1) is 28.6. The number of carbonyl (C=O) groups is 4. The smallest absolute Gasteiger partial charge is 0.405 e. The highest BCUT2D eigenvalue weighted by molar-refractivity contribution is 7.86. The molecule has 0 aromatic heterocycles. The van der Waals surface area contributed by atoms with Crippen molar-refractivity contribution < 1.29 is 64.6 Å². The molecule has 4 aliphatic rings. The van der Waals surface area contributed by atoms with Crippen molar-refractivity contribution in [2.45, 2.75) is 81.5 Å². The number of alkyl halides is 2. The highest BCUT2D eigenvalue weighted by Crippen LogP contribution is 2.59. The average molecular weight is 569 g/mol. The molecule has 1 saturated heterocycles. The summed E-state index contributed by atoms with van der Waals surface area (Å²) in [7, 11) is -5.82. The number of hydrogen-bond donors (Lipinski definition) is 1. The van der Waals surface area contributed by atoms with E-state index in [1.54, 1.807) is 0 Å². The molecule has 3 aliphatic carbocycles. The lowest BCUT2D eigenvalue weighted by Gasteiger charge is -2.36. The standard InChI is InChI=1S/C23H30F2O12S/c1-11(23(24,25)38(30,31)32)34-14(26)9-33-10-15(27)35-18-13-8-12-16(20(28)36-19(12)18)17(13)21(29)37-22(2)6-4-3-5-7-22/h11-13,16-19H,3-10H2,1-2H3,(H,30,31,32). The third-order valence-corrected chi connectivity index (χ3v) is 8.93. The molecular formula is C23H30F2O12S. The van der Waals surface area contributed by atoms with Crippen LogP contribution in [0, 0.1) is 23.7 Å². The van der Waals surface area contributed by atoms with Crippen LogP contribution in [0.2, 0.25) is 0 Å². The molecule has 1 heterocycles. The molecule has 1 aliphatic heterocycles. The Morgan fingerprint density at radius 3 is 2.39 bits per heavy atom. The van der Waals surface area contributed by atoms with Gasteiger partial charge in [-0.05, 0) is 46.0 Å². The van der Waals surface area contributed by atoms with E-state index in [-0.39, 0.29) is 5.92 Å². The van der Waals surface area contributed by atoms with Crippen molar-refractivity contribution in [3.05, 3.63) is 0 Å². The summed E-state index contributed by atoms with van der Waals surface area (Å²) in [6.45, 7) is 0.633. The second-order valence-electron chi connectivity index (χ2n) is 10.6. The van der Waals surface area contributed by atoms with Gasteiger partial charge in [-0.3, -0.25) is 14.1 Å². The highest BCUT2D eigenvalue weighted by atomic mass is 32.2. The quantitative estimate of drug-likeness (QED) is 0.229. The van der Waals surface area contributed by atoms with Gasteiger partial charge in [0.05, 0.1) is 11.8 Å². The summed E-state index contributed by atoms with van der Waals surface area (Å²) in [6.07, 6.45) is 0.651. The van der Waals surface area contributed by atoms with Crippen LogP contribution in [0.3, 0.4) is 0 Å². The van der Waals surface area contributed by atoms with Gasteiger partial charge in [0.1, 0.15) is 31.0 Å². The molecular weight excluding hydrogens is 538 g/mol. The second kappa shape index (κ2) is 10.3. The molecule has 0 aromatic carbocycles. The SMILES string of the molecule is CC(OC(=O)COCC(=O)OC1C2CC3C1OC(=O)C3C2C(=O)OC1(C)CCCCC1)C(F)(F)S(=O)(=O)O. The molecule has 12 nitrogen and oxygen atoms in total. The number of hydrogen-bond acceptors (Lipinski definition) is 11. The van der Waals surface area contributed by atoms with Crippen LogP contribution in [0.1, 0.15) is 52.4 Å². The predicted octanol–water partition coefficient (Wildman–Crippen LogP) is 1.40. The van der Waals surface area contributed by atoms with Crippen LogP contribution in [0.5, 0.6) is 0 Å². The number of esters is 4. The van der Waals surface area contributed by atoms with Crippen molar-refractivity contribution in [1.29, 1.82) is 0 Å². The summed E-state index contributed by atoms with van der Waals surface area (Å²) >= 11 is 0. The van der Waals surface area contributed by atoms with Gasteiger partial charge in [-0.2, -0.15) is 17.2 Å². The van der Waals surface area contributed by atoms with Crippen LogP contribution in [-0.4, -0.2) is 79.2 Å². The second-order valence-corrected chi connectivity index (χ2v) is 12.1. The zero-order valence-electron chi connectivity index (χ0n) is 20.8. The molecule has 7 atom stereocenters. The molecule has 2 bridgehead atoms. The summed E-state index contributed by atoms with van der Waals surface area (Å²) in [5.74, 6) is -5.70. The van der Waals surface area contributed by atoms with Crippen LogP contribution in [0.25, 0.3) is 0 Å². The van der Waals surface area contributed by atoms with E-state index in [4.69, 9.17) is 23.5 Å². The van der Waals surface area contributed by atoms with Crippen molar-refractivity contribution in [2.24, 2.45) is 23.7 Å². The summed E-state index contributed by atoms with van der Waals surface area (Å²) in [5.41, 5.74) is -0.615. The van der Waals surface area contributed by atoms with Crippen LogP contribution in [0.4, 0.5) is 8.78 Å². The molecule has 4 fully saturated rings. The highest BCUT2D eigenvalue weighted by Gasteiger charge is 2.70. The minimum absolute atomic E-state index is 0.302. The van der Waals surface area contributed by atoms with Crippen LogP contribution < -0.4 is 0 Å². The third kappa shape index (κ3) is 5.37. The lowest BCUT2D eigenvalue weighted by Crippen LogP contribution is -2.46. The first-order valence-electron chi connectivity index (χ1n) is 12.4. The summed E-state index contributed by atoms with van der Waals surface area (Å²) in [5, 5.41) is -4.74. The topological polar surface area (TPSA) is 169 Å². The molecule has 0 amide bonds. The maximum atomic E-state index is 13.5. The van der Waals surface area contributed by atoms with Crippen molar-refractivity contribution in [3.8, 4) is 0 Å². The molecule has 0 spiro atoms. The lowest BCUT2D eigenvalue weighted by molar-refractivity contribution is -0.178. The van der Waals surface area contributed by atoms with Crippen molar-refractivity contribution in [3.63, 3.8) is 0 Å². The Labute approximate surface area is 217 Å². The summed E-state index contributed by atoms with van der Waals surface area (Å²) in [6, 6.07) is 0. The fourth-order valence-electron chi connectivity index (χ4n) is 6.09. The van der Waals surface area contributed by atoms with Crippen molar-refractivity contribution >= 4 is 34.0 Å². The number of ether oxygens (including phenoxy) is 5. The molecule has 15 heteroatoms. The largest absolute Gasteiger partial charge is 0.459 e. The van der Waals surface area contributed by atoms with Crippen LogP contribution >= 0.6 is 0 Å². The maximum Gasteiger partial charge on any atom is 0.405 e. The van der Waals surface area contributed by atoms with E-state index >= 15 is 0 Å². The molecule has 7 unspecified atom stereocenters. The Morgan fingerprint density at radius 1 is 1.13 bits per heavy atom. The monoisotopic (exact) mass is 568 g/mol. The van der Waals surface area contributed by atoms with E-state index in [9.17, 15) is 36.4 Å². The van der Waals surface area contributed by atoms with E-state index in [1.807, 2.05) is 6.92 Å². The van der Waals surface area contributed by atoms with E-state index in [1.165, 1.54) is 0 Å². The zero-order valence-corrected chi connectivity index (χ0v) is 21.6. The van der Waals surface area contributed by atoms with Gasteiger partial charge in [0.2, 0.25) is 0 Å². The lowest BCUT2D eigenvalue weighted by atomic mass is 9.78. The summed E-state index contributed by atoms with van der Waals surface area (Å²) < 4.78 is 82.7. The first-order valence-corrected chi connectivity index (χ1v) is 13.8. The van der Waals surface area contributed by atoms with Gasteiger partial charge in [-0.15, -0.1) is 0 Å². The Balaban J connectivity index is 1.30. The van der Waals surface area contributed by atoms with E-state index < -0.39 is 94.1 Å². The minimum Gasteiger partial charge on any atom is -0.459 e. The van der Waals surface area contributed by atoms with Crippen molar-refractivity contribution in [1.82, 2.24) is 0 Å². The number of rotatable bonds is 10. The Morgan fingerprint density at radius 2 is 1.76 bits per heavy atom. The Kier molecular flexibility index (Phi) is 7.76. The van der Waals surface area contributed by atoms with Crippen molar-refractivity contribution in [2.75, 3.05) is 13.2 Å². The molecule has 4 rings (SSSR count). The minimum atomic E-state index is -5.82. The molecule has 38 heavy (non-hydrogen) atoms. The van der Waals surface area contributed by atoms with E-state index in [2.05, 4.69) is 4.74 Å². The molecule has 214 valence electrons. The van der Waals surface area contributed by atoms with Gasteiger partial charge in [-0.1, -0.05) is 6.42 Å².